The molecule has 138 valence electrons. The molecule has 0 spiro atoms. The average Bonchev–Trinajstić information content (AvgIpc) is 2.61. The molecule has 0 unspecified atom stereocenters. The number of carbonyl (C=O) groups is 1. The summed E-state index contributed by atoms with van der Waals surface area (Å²) in [4.78, 5) is 13.0. The largest absolute Gasteiger partial charge is 0.381 e. The van der Waals surface area contributed by atoms with Crippen molar-refractivity contribution in [1.82, 2.24) is 5.43 Å². The molecule has 0 atom stereocenters. The minimum atomic E-state index is -0.904. The Balaban J connectivity index is 1.85. The number of amides is 1. The Morgan fingerprint density at radius 2 is 1.73 bits per heavy atom. The third-order valence-corrected chi connectivity index (χ3v) is 5.28. The number of rotatable bonds is 4. The molecule has 8 heteroatoms. The van der Waals surface area contributed by atoms with E-state index in [0.717, 1.165) is 0 Å². The van der Waals surface area contributed by atoms with Crippen LogP contribution in [-0.2, 0) is 14.9 Å². The van der Waals surface area contributed by atoms with Crippen LogP contribution >= 0.6 is 34.8 Å². The van der Waals surface area contributed by atoms with Gasteiger partial charge in [0.1, 0.15) is 5.82 Å². The van der Waals surface area contributed by atoms with Gasteiger partial charge in [-0.15, -0.1) is 0 Å². The van der Waals surface area contributed by atoms with Crippen molar-refractivity contribution in [3.05, 3.63) is 62.8 Å². The van der Waals surface area contributed by atoms with Crippen molar-refractivity contribution in [1.29, 1.82) is 0 Å². The summed E-state index contributed by atoms with van der Waals surface area (Å²) in [5.41, 5.74) is 5.45. The molecule has 1 aliphatic heterocycles. The van der Waals surface area contributed by atoms with Gasteiger partial charge in [-0.1, -0.05) is 46.9 Å². The zero-order chi connectivity index (χ0) is 18.7. The van der Waals surface area contributed by atoms with Crippen molar-refractivity contribution < 1.29 is 13.9 Å². The lowest BCUT2D eigenvalue weighted by molar-refractivity contribution is -0.130. The predicted octanol–water partition coefficient (Wildman–Crippen LogP) is 4.98. The summed E-state index contributed by atoms with van der Waals surface area (Å²) in [6.45, 7) is 0.818. The van der Waals surface area contributed by atoms with Crippen LogP contribution < -0.4 is 10.9 Å². The van der Waals surface area contributed by atoms with Crippen LogP contribution in [0.15, 0.2) is 36.4 Å². The van der Waals surface area contributed by atoms with Gasteiger partial charge in [0.05, 0.1) is 21.1 Å². The van der Waals surface area contributed by atoms with Crippen molar-refractivity contribution in [3.8, 4) is 0 Å². The van der Waals surface area contributed by atoms with Crippen LogP contribution in [0.25, 0.3) is 0 Å². The van der Waals surface area contributed by atoms with Crippen LogP contribution in [0.1, 0.15) is 18.4 Å². The minimum Gasteiger partial charge on any atom is -0.381 e. The maximum absolute atomic E-state index is 13.7. The van der Waals surface area contributed by atoms with E-state index in [2.05, 4.69) is 10.9 Å². The van der Waals surface area contributed by atoms with E-state index in [1.807, 2.05) is 0 Å². The Morgan fingerprint density at radius 1 is 1.08 bits per heavy atom. The Hall–Kier alpha value is -1.53. The van der Waals surface area contributed by atoms with Gasteiger partial charge in [-0.2, -0.15) is 0 Å². The quantitative estimate of drug-likeness (QED) is 0.690. The molecule has 1 fully saturated rings. The van der Waals surface area contributed by atoms with Crippen molar-refractivity contribution in [2.45, 2.75) is 18.3 Å². The number of anilines is 1. The molecule has 2 aromatic rings. The molecule has 0 saturated carbocycles. The second kappa shape index (κ2) is 8.01. The monoisotopic (exact) mass is 416 g/mol. The van der Waals surface area contributed by atoms with Gasteiger partial charge < -0.3 is 4.74 Å². The Morgan fingerprint density at radius 3 is 2.35 bits per heavy atom. The molecular formula is C18H16Cl3FN2O2. The number of benzene rings is 2. The lowest BCUT2D eigenvalue weighted by Crippen LogP contribution is -2.49. The fourth-order valence-corrected chi connectivity index (χ4v) is 3.96. The van der Waals surface area contributed by atoms with Gasteiger partial charge in [-0.25, -0.2) is 4.39 Å². The maximum atomic E-state index is 13.7. The smallest absolute Gasteiger partial charge is 0.249 e. The Bertz CT molecular complexity index is 803. The number of hydrazine groups is 1. The molecular weight excluding hydrogens is 402 g/mol. The van der Waals surface area contributed by atoms with Crippen LogP contribution in [0.4, 0.5) is 10.1 Å². The molecule has 0 radical (unpaired) electrons. The van der Waals surface area contributed by atoms with Gasteiger partial charge in [0.15, 0.2) is 0 Å². The average molecular weight is 418 g/mol. The van der Waals surface area contributed by atoms with Gasteiger partial charge in [0.25, 0.3) is 0 Å². The highest BCUT2D eigenvalue weighted by atomic mass is 35.5. The van der Waals surface area contributed by atoms with Gasteiger partial charge in [-0.3, -0.25) is 15.6 Å². The molecule has 1 saturated heterocycles. The van der Waals surface area contributed by atoms with E-state index in [-0.39, 0.29) is 16.0 Å². The lowest BCUT2D eigenvalue weighted by Gasteiger charge is -2.36. The summed E-state index contributed by atoms with van der Waals surface area (Å²) in [5, 5.41) is 0.932. The molecule has 2 N–H and O–H groups in total. The summed E-state index contributed by atoms with van der Waals surface area (Å²) < 4.78 is 19.1. The first-order valence-corrected chi connectivity index (χ1v) is 9.10. The third kappa shape index (κ3) is 3.91. The second-order valence-electron chi connectivity index (χ2n) is 6.03. The normalized spacial score (nSPS) is 16.2. The highest BCUT2D eigenvalue weighted by molar-refractivity contribution is 6.41. The Kier molecular flexibility index (Phi) is 5.92. The van der Waals surface area contributed by atoms with E-state index in [4.69, 9.17) is 39.5 Å². The van der Waals surface area contributed by atoms with E-state index in [0.29, 0.717) is 42.3 Å². The van der Waals surface area contributed by atoms with E-state index in [1.165, 1.54) is 24.3 Å². The summed E-state index contributed by atoms with van der Waals surface area (Å²) in [6, 6.07) is 9.10. The topological polar surface area (TPSA) is 50.4 Å². The van der Waals surface area contributed by atoms with Gasteiger partial charge >= 0.3 is 0 Å². The van der Waals surface area contributed by atoms with Crippen LogP contribution in [0, 0.1) is 5.82 Å². The fraction of sp³-hybridized carbons (Fsp3) is 0.278. The zero-order valence-corrected chi connectivity index (χ0v) is 15.9. The highest BCUT2D eigenvalue weighted by Gasteiger charge is 2.42. The van der Waals surface area contributed by atoms with E-state index in [1.54, 1.807) is 12.1 Å². The molecule has 26 heavy (non-hydrogen) atoms. The van der Waals surface area contributed by atoms with Gasteiger partial charge in [-0.05, 0) is 42.7 Å². The minimum absolute atomic E-state index is 0.273. The third-order valence-electron chi connectivity index (χ3n) is 4.47. The first-order valence-electron chi connectivity index (χ1n) is 7.97. The van der Waals surface area contributed by atoms with Crippen LogP contribution in [0.2, 0.25) is 15.1 Å². The number of nitrogens with one attached hydrogen (secondary N) is 2. The molecule has 1 aliphatic rings. The molecule has 2 aromatic carbocycles. The van der Waals surface area contributed by atoms with Crippen LogP contribution in [0.3, 0.4) is 0 Å². The number of hydrogen-bond donors (Lipinski definition) is 2. The second-order valence-corrected chi connectivity index (χ2v) is 7.28. The summed E-state index contributed by atoms with van der Waals surface area (Å²) in [5.74, 6) is -0.702. The van der Waals surface area contributed by atoms with Crippen molar-refractivity contribution in [2.24, 2.45) is 0 Å². The Labute approximate surface area is 165 Å². The van der Waals surface area contributed by atoms with Crippen molar-refractivity contribution >= 4 is 46.4 Å². The summed E-state index contributed by atoms with van der Waals surface area (Å²) in [7, 11) is 0. The molecule has 1 heterocycles. The predicted molar refractivity (Wildman–Crippen MR) is 101 cm³/mol. The SMILES string of the molecule is O=C(NNc1c(Cl)cc(Cl)cc1Cl)C1(c2cccc(F)c2)CCOCC1. The summed E-state index contributed by atoms with van der Waals surface area (Å²) in [6.07, 6.45) is 0.873. The highest BCUT2D eigenvalue weighted by Crippen LogP contribution is 2.36. The van der Waals surface area contributed by atoms with Crippen molar-refractivity contribution in [3.63, 3.8) is 0 Å². The van der Waals surface area contributed by atoms with Gasteiger partial charge in [0.2, 0.25) is 5.91 Å². The standard InChI is InChI=1S/C18H16Cl3FN2O2/c19-12-9-14(20)16(15(21)10-12)23-24-17(25)18(4-6-26-7-5-18)11-2-1-3-13(22)8-11/h1-3,8-10,23H,4-7H2,(H,24,25). The maximum Gasteiger partial charge on any atom is 0.249 e. The number of carbonyl (C=O) groups excluding carboxylic acids is 1. The molecule has 0 bridgehead atoms. The summed E-state index contributed by atoms with van der Waals surface area (Å²) >= 11 is 18.1. The molecule has 1 amide bonds. The fourth-order valence-electron chi connectivity index (χ4n) is 3.05. The molecule has 0 aromatic heterocycles. The first kappa shape index (κ1) is 19.2. The van der Waals surface area contributed by atoms with E-state index >= 15 is 0 Å². The lowest BCUT2D eigenvalue weighted by atomic mass is 9.73. The van der Waals surface area contributed by atoms with Crippen LogP contribution in [0.5, 0.6) is 0 Å². The molecule has 0 aliphatic carbocycles. The first-order chi connectivity index (χ1) is 12.4. The molecule has 4 nitrogen and oxygen atoms in total. The van der Waals surface area contributed by atoms with Crippen LogP contribution in [-0.4, -0.2) is 19.1 Å². The van der Waals surface area contributed by atoms with E-state index < -0.39 is 11.2 Å². The van der Waals surface area contributed by atoms with Gasteiger partial charge in [0, 0.05) is 18.2 Å². The number of hydrogen-bond acceptors (Lipinski definition) is 3. The molecule has 3 rings (SSSR count). The van der Waals surface area contributed by atoms with E-state index in [9.17, 15) is 9.18 Å². The van der Waals surface area contributed by atoms with Crippen molar-refractivity contribution in [2.75, 3.05) is 18.6 Å². The number of ether oxygens (including phenoxy) is 1. The number of halogens is 4. The zero-order valence-electron chi connectivity index (χ0n) is 13.6.